The first-order valence-corrected chi connectivity index (χ1v) is 11.1. The molecule has 2 saturated heterocycles. The molecule has 0 amide bonds. The van der Waals surface area contributed by atoms with Gasteiger partial charge in [0, 0.05) is 41.0 Å². The molecular weight excluding hydrogens is 486 g/mol. The van der Waals surface area contributed by atoms with Crippen LogP contribution in [-0.4, -0.2) is 91.1 Å². The van der Waals surface area contributed by atoms with Crippen LogP contribution in [0.15, 0.2) is 0 Å². The van der Waals surface area contributed by atoms with Gasteiger partial charge in [-0.25, -0.2) is 0 Å². The van der Waals surface area contributed by atoms with Crippen molar-refractivity contribution >= 4 is 29.8 Å². The zero-order chi connectivity index (χ0) is 26.8. The number of hydrogen-bond acceptors (Lipinski definition) is 14. The van der Waals surface area contributed by atoms with Crippen LogP contribution >= 0.6 is 0 Å². The maximum Gasteiger partial charge on any atom is 0.303 e. The van der Waals surface area contributed by atoms with Gasteiger partial charge in [0.2, 0.25) is 6.29 Å². The number of esters is 5. The van der Waals surface area contributed by atoms with Crippen LogP contribution in [0.25, 0.3) is 0 Å². The van der Waals surface area contributed by atoms with Crippen molar-refractivity contribution in [1.29, 1.82) is 5.26 Å². The van der Waals surface area contributed by atoms with Gasteiger partial charge in [-0.1, -0.05) is 0 Å². The zero-order valence-corrected chi connectivity index (χ0v) is 20.3. The molecule has 0 aromatic carbocycles. The fourth-order valence-corrected chi connectivity index (χ4v) is 4.38. The monoisotopic (exact) mass is 513 g/mol. The standard InChI is InChI=1S/C22H27NO13/c1-9(24)29-7-15-16(31-11(3)26)18(32-12(4)27)19(33-13(5)28)21(34-15)36-22(8-23)6-14(30-10(2)25)17-20(22)35-17/h14-21H,6-7H2,1-5H3/t14-,15+,16+,17-,18-,19+,20-,21-,22-/m0/s1. The average molecular weight is 513 g/mol. The van der Waals surface area contributed by atoms with E-state index < -0.39 is 91.1 Å². The van der Waals surface area contributed by atoms with Crippen LogP contribution in [-0.2, 0) is 61.9 Å². The third kappa shape index (κ3) is 6.10. The molecule has 3 aliphatic rings. The molecule has 2 aliphatic heterocycles. The van der Waals surface area contributed by atoms with Gasteiger partial charge in [0.25, 0.3) is 0 Å². The highest BCUT2D eigenvalue weighted by Crippen LogP contribution is 2.50. The molecular formula is C22H27NO13. The molecule has 14 heteroatoms. The third-order valence-electron chi connectivity index (χ3n) is 5.64. The highest BCUT2D eigenvalue weighted by Gasteiger charge is 2.70. The maximum atomic E-state index is 11.9. The van der Waals surface area contributed by atoms with Crippen molar-refractivity contribution in [1.82, 2.24) is 0 Å². The predicted molar refractivity (Wildman–Crippen MR) is 110 cm³/mol. The molecule has 1 saturated carbocycles. The van der Waals surface area contributed by atoms with E-state index in [0.29, 0.717) is 0 Å². The summed E-state index contributed by atoms with van der Waals surface area (Å²) in [4.78, 5) is 58.6. The maximum absolute atomic E-state index is 11.9. The third-order valence-corrected chi connectivity index (χ3v) is 5.64. The van der Waals surface area contributed by atoms with E-state index in [1.165, 1.54) is 6.92 Å². The summed E-state index contributed by atoms with van der Waals surface area (Å²) in [6, 6.07) is 2.02. The predicted octanol–water partition coefficient (Wildman–Crippen LogP) is -0.549. The Labute approximate surface area is 205 Å². The normalized spacial score (nSPS) is 36.4. The summed E-state index contributed by atoms with van der Waals surface area (Å²) in [7, 11) is 0. The minimum absolute atomic E-state index is 0.0781. The fourth-order valence-electron chi connectivity index (χ4n) is 4.38. The Balaban J connectivity index is 1.96. The highest BCUT2D eigenvalue weighted by atomic mass is 16.8. The lowest BCUT2D eigenvalue weighted by Gasteiger charge is -2.45. The van der Waals surface area contributed by atoms with Crippen molar-refractivity contribution < 1.29 is 61.9 Å². The van der Waals surface area contributed by atoms with E-state index >= 15 is 0 Å². The van der Waals surface area contributed by atoms with Crippen LogP contribution in [0.5, 0.6) is 0 Å². The molecule has 2 heterocycles. The molecule has 0 unspecified atom stereocenters. The molecule has 198 valence electrons. The van der Waals surface area contributed by atoms with Gasteiger partial charge < -0.3 is 37.9 Å². The molecule has 3 rings (SSSR count). The van der Waals surface area contributed by atoms with E-state index in [1.54, 1.807) is 0 Å². The number of epoxide rings is 1. The summed E-state index contributed by atoms with van der Waals surface area (Å²) in [5.74, 6) is -3.65. The van der Waals surface area contributed by atoms with Crippen LogP contribution in [0.4, 0.5) is 0 Å². The lowest BCUT2D eigenvalue weighted by molar-refractivity contribution is -0.327. The molecule has 0 aromatic rings. The Bertz CT molecular complexity index is 960. The van der Waals surface area contributed by atoms with Gasteiger partial charge in [0.1, 0.15) is 37.1 Å². The number of rotatable bonds is 8. The van der Waals surface area contributed by atoms with Crippen LogP contribution in [0.1, 0.15) is 41.0 Å². The second kappa shape index (κ2) is 10.8. The van der Waals surface area contributed by atoms with Gasteiger partial charge >= 0.3 is 29.8 Å². The number of nitriles is 1. The zero-order valence-electron chi connectivity index (χ0n) is 20.3. The van der Waals surface area contributed by atoms with Gasteiger partial charge in [-0.15, -0.1) is 0 Å². The van der Waals surface area contributed by atoms with Crippen LogP contribution in [0, 0.1) is 11.3 Å². The number of ether oxygens (including phenoxy) is 8. The Morgan fingerprint density at radius 3 is 1.89 bits per heavy atom. The first-order chi connectivity index (χ1) is 16.9. The number of carbonyl (C=O) groups is 5. The average Bonchev–Trinajstić information content (AvgIpc) is 3.50. The van der Waals surface area contributed by atoms with Crippen molar-refractivity contribution in [3.63, 3.8) is 0 Å². The van der Waals surface area contributed by atoms with Gasteiger partial charge in [-0.3, -0.25) is 24.0 Å². The Hall–Kier alpha value is -3.28. The molecule has 0 aromatic heterocycles. The molecule has 9 atom stereocenters. The van der Waals surface area contributed by atoms with E-state index in [4.69, 9.17) is 37.9 Å². The molecule has 0 spiro atoms. The summed E-state index contributed by atoms with van der Waals surface area (Å²) in [5, 5.41) is 10.0. The minimum atomic E-state index is -1.69. The Morgan fingerprint density at radius 2 is 1.36 bits per heavy atom. The van der Waals surface area contributed by atoms with Crippen molar-refractivity contribution in [3.05, 3.63) is 0 Å². The minimum Gasteiger partial charge on any atom is -0.463 e. The first-order valence-electron chi connectivity index (χ1n) is 11.1. The molecule has 36 heavy (non-hydrogen) atoms. The van der Waals surface area contributed by atoms with Gasteiger partial charge in [0.15, 0.2) is 23.9 Å². The summed E-state index contributed by atoms with van der Waals surface area (Å²) < 4.78 is 43.6. The fraction of sp³-hybridized carbons (Fsp3) is 0.727. The van der Waals surface area contributed by atoms with Crippen LogP contribution < -0.4 is 0 Å². The Morgan fingerprint density at radius 1 is 0.806 bits per heavy atom. The lowest BCUT2D eigenvalue weighted by Crippen LogP contribution is -2.64. The number of fused-ring (bicyclic) bond motifs is 1. The molecule has 0 radical (unpaired) electrons. The van der Waals surface area contributed by atoms with E-state index in [-0.39, 0.29) is 6.42 Å². The topological polar surface area (TPSA) is 186 Å². The van der Waals surface area contributed by atoms with E-state index in [9.17, 15) is 29.2 Å². The molecule has 14 nitrogen and oxygen atoms in total. The molecule has 0 N–H and O–H groups in total. The van der Waals surface area contributed by atoms with Crippen molar-refractivity contribution in [2.24, 2.45) is 0 Å². The van der Waals surface area contributed by atoms with E-state index in [2.05, 4.69) is 0 Å². The second-order valence-electron chi connectivity index (χ2n) is 8.56. The van der Waals surface area contributed by atoms with Gasteiger partial charge in [0.05, 0.1) is 0 Å². The van der Waals surface area contributed by atoms with Gasteiger partial charge in [-0.05, 0) is 0 Å². The highest BCUT2D eigenvalue weighted by molar-refractivity contribution is 5.69. The molecule has 3 fully saturated rings. The smallest absolute Gasteiger partial charge is 0.303 e. The van der Waals surface area contributed by atoms with Crippen LogP contribution in [0.2, 0.25) is 0 Å². The summed E-state index contributed by atoms with van der Waals surface area (Å²) >= 11 is 0. The molecule has 1 aliphatic carbocycles. The Kier molecular flexibility index (Phi) is 8.17. The second-order valence-corrected chi connectivity index (χ2v) is 8.56. The lowest BCUT2D eigenvalue weighted by atomic mass is 9.97. The van der Waals surface area contributed by atoms with Crippen molar-refractivity contribution in [3.8, 4) is 6.07 Å². The van der Waals surface area contributed by atoms with E-state index in [1.807, 2.05) is 6.07 Å². The van der Waals surface area contributed by atoms with Gasteiger partial charge in [-0.2, -0.15) is 5.26 Å². The SMILES string of the molecule is CC(=O)OC[C@H]1O[C@@H](O[C@]2(C#N)C[C@H](OC(C)=O)[C@@H]3O[C@@H]32)[C@H](OC(C)=O)[C@@H](OC(C)=O)[C@@H]1OC(C)=O. The molecule has 0 bridgehead atoms. The van der Waals surface area contributed by atoms with Crippen molar-refractivity contribution in [2.75, 3.05) is 6.61 Å². The van der Waals surface area contributed by atoms with Crippen molar-refractivity contribution in [2.45, 2.75) is 95.7 Å². The summed E-state index contributed by atoms with van der Waals surface area (Å²) in [5.41, 5.74) is -1.69. The number of hydrogen-bond donors (Lipinski definition) is 0. The summed E-state index contributed by atoms with van der Waals surface area (Å²) in [6.45, 7) is 5.17. The number of carbonyl (C=O) groups excluding carboxylic acids is 5. The quantitative estimate of drug-likeness (QED) is 0.228. The van der Waals surface area contributed by atoms with Crippen LogP contribution in [0.3, 0.4) is 0 Å². The number of nitrogens with zero attached hydrogens (tertiary/aromatic N) is 1. The summed E-state index contributed by atoms with van der Waals surface area (Å²) in [6.07, 6.45) is -9.33. The van der Waals surface area contributed by atoms with E-state index in [0.717, 1.165) is 27.7 Å². The first kappa shape index (κ1) is 27.3. The largest absolute Gasteiger partial charge is 0.463 e.